The molecule has 0 saturated carbocycles. The first kappa shape index (κ1) is 20.1. The number of halogens is 4. The fourth-order valence-corrected chi connectivity index (χ4v) is 1.88. The van der Waals surface area contributed by atoms with Crippen molar-refractivity contribution >= 4 is 29.2 Å². The maximum Gasteiger partial charge on any atom is 0.390 e. The van der Waals surface area contributed by atoms with Gasteiger partial charge in [-0.25, -0.2) is 0 Å². The van der Waals surface area contributed by atoms with Gasteiger partial charge in [0.2, 0.25) is 5.91 Å². The predicted octanol–water partition coefficient (Wildman–Crippen LogP) is 3.18. The van der Waals surface area contributed by atoms with Gasteiger partial charge in [-0.3, -0.25) is 9.79 Å². The van der Waals surface area contributed by atoms with Crippen molar-refractivity contribution in [3.8, 4) is 0 Å². The number of rotatable bonds is 7. The van der Waals surface area contributed by atoms with Crippen molar-refractivity contribution in [2.24, 2.45) is 4.99 Å². The van der Waals surface area contributed by atoms with Gasteiger partial charge in [0.1, 0.15) is 0 Å². The van der Waals surface area contributed by atoms with Gasteiger partial charge in [0.15, 0.2) is 5.96 Å². The van der Waals surface area contributed by atoms with Crippen LogP contribution in [0.4, 0.5) is 18.9 Å². The molecule has 0 spiro atoms. The number of guanidine groups is 1. The Balaban J connectivity index is 2.19. The predicted molar refractivity (Wildman–Crippen MR) is 89.4 cm³/mol. The number of hydrogen-bond acceptors (Lipinski definition) is 2. The molecule has 0 unspecified atom stereocenters. The number of alkyl halides is 3. The number of benzene rings is 1. The average molecular weight is 365 g/mol. The molecule has 0 saturated heterocycles. The van der Waals surface area contributed by atoms with Crippen LogP contribution < -0.4 is 16.0 Å². The Morgan fingerprint density at radius 1 is 1.17 bits per heavy atom. The summed E-state index contributed by atoms with van der Waals surface area (Å²) in [4.78, 5) is 15.6. The van der Waals surface area contributed by atoms with E-state index in [0.717, 1.165) is 0 Å². The van der Waals surface area contributed by atoms with E-state index in [1.807, 2.05) is 0 Å². The molecule has 5 nitrogen and oxygen atoms in total. The molecule has 0 aliphatic rings. The van der Waals surface area contributed by atoms with Gasteiger partial charge < -0.3 is 16.0 Å². The fraction of sp³-hybridized carbons (Fsp3) is 0.467. The maximum absolute atomic E-state index is 12.1. The van der Waals surface area contributed by atoms with E-state index in [1.165, 1.54) is 7.05 Å². The lowest BCUT2D eigenvalue weighted by atomic mass is 10.2. The lowest BCUT2D eigenvalue weighted by Gasteiger charge is -2.12. The molecule has 24 heavy (non-hydrogen) atoms. The standard InChI is InChI=1S/C15H20ClF3N4O/c1-20-14(22-10-8-15(17,18)19)21-9-2-3-13(24)23-12-6-4-11(16)5-7-12/h4-7H,2-3,8-10H2,1H3,(H,23,24)(H2,20,21,22). The topological polar surface area (TPSA) is 65.5 Å². The number of nitrogens with one attached hydrogen (secondary N) is 3. The van der Waals surface area contributed by atoms with E-state index < -0.39 is 12.6 Å². The third-order valence-corrected chi connectivity index (χ3v) is 3.18. The molecule has 9 heteroatoms. The molecule has 1 amide bonds. The molecule has 1 rings (SSSR count). The van der Waals surface area contributed by atoms with Crippen LogP contribution in [0.25, 0.3) is 0 Å². The zero-order valence-electron chi connectivity index (χ0n) is 13.2. The third-order valence-electron chi connectivity index (χ3n) is 2.93. The summed E-state index contributed by atoms with van der Waals surface area (Å²) in [7, 11) is 1.47. The van der Waals surface area contributed by atoms with Gasteiger partial charge in [-0.05, 0) is 30.7 Å². The molecule has 0 fully saturated rings. The van der Waals surface area contributed by atoms with E-state index in [4.69, 9.17) is 11.6 Å². The van der Waals surface area contributed by atoms with Crippen LogP contribution in [0.15, 0.2) is 29.3 Å². The van der Waals surface area contributed by atoms with Gasteiger partial charge in [-0.1, -0.05) is 11.6 Å². The van der Waals surface area contributed by atoms with Gasteiger partial charge >= 0.3 is 6.18 Å². The number of carbonyl (C=O) groups excluding carboxylic acids is 1. The van der Waals surface area contributed by atoms with E-state index in [-0.39, 0.29) is 24.8 Å². The second-order valence-corrected chi connectivity index (χ2v) is 5.39. The highest BCUT2D eigenvalue weighted by molar-refractivity contribution is 6.30. The summed E-state index contributed by atoms with van der Waals surface area (Å²) in [6, 6.07) is 6.75. The van der Waals surface area contributed by atoms with E-state index in [9.17, 15) is 18.0 Å². The Bertz CT molecular complexity index is 547. The monoisotopic (exact) mass is 364 g/mol. The van der Waals surface area contributed by atoms with Crippen LogP contribution in [0.2, 0.25) is 5.02 Å². The highest BCUT2D eigenvalue weighted by Crippen LogP contribution is 2.18. The van der Waals surface area contributed by atoms with E-state index in [2.05, 4.69) is 20.9 Å². The summed E-state index contributed by atoms with van der Waals surface area (Å²) < 4.78 is 36.2. The van der Waals surface area contributed by atoms with E-state index >= 15 is 0 Å². The van der Waals surface area contributed by atoms with Crippen LogP contribution >= 0.6 is 11.6 Å². The number of hydrogen-bond donors (Lipinski definition) is 3. The molecule has 1 aromatic carbocycles. The fourth-order valence-electron chi connectivity index (χ4n) is 1.76. The van der Waals surface area contributed by atoms with Crippen LogP contribution in [0.1, 0.15) is 19.3 Å². The summed E-state index contributed by atoms with van der Waals surface area (Å²) >= 11 is 5.75. The SMILES string of the molecule is CN=C(NCCCC(=O)Nc1ccc(Cl)cc1)NCCC(F)(F)F. The second kappa shape index (κ2) is 10.0. The van der Waals surface area contributed by atoms with Crippen molar-refractivity contribution < 1.29 is 18.0 Å². The van der Waals surface area contributed by atoms with Crippen LogP contribution in [-0.2, 0) is 4.79 Å². The first-order valence-corrected chi connectivity index (χ1v) is 7.74. The Labute approximate surface area is 143 Å². The number of carbonyl (C=O) groups is 1. The normalized spacial score (nSPS) is 12.0. The van der Waals surface area contributed by atoms with Crippen molar-refractivity contribution in [1.82, 2.24) is 10.6 Å². The molecule has 1 aromatic rings. The van der Waals surface area contributed by atoms with Gasteiger partial charge in [-0.2, -0.15) is 13.2 Å². The largest absolute Gasteiger partial charge is 0.390 e. The average Bonchev–Trinajstić information content (AvgIpc) is 2.51. The zero-order chi connectivity index (χ0) is 18.0. The molecular formula is C15H20ClF3N4O. The second-order valence-electron chi connectivity index (χ2n) is 4.95. The first-order chi connectivity index (χ1) is 11.3. The van der Waals surface area contributed by atoms with Crippen LogP contribution in [0.3, 0.4) is 0 Å². The van der Waals surface area contributed by atoms with E-state index in [0.29, 0.717) is 23.7 Å². The summed E-state index contributed by atoms with van der Waals surface area (Å²) in [6.45, 7) is 0.167. The number of aliphatic imine (C=N–C) groups is 1. The lowest BCUT2D eigenvalue weighted by molar-refractivity contribution is -0.132. The van der Waals surface area contributed by atoms with Gasteiger partial charge in [0.05, 0.1) is 6.42 Å². The molecule has 0 aliphatic heterocycles. The lowest BCUT2D eigenvalue weighted by Crippen LogP contribution is -2.39. The highest BCUT2D eigenvalue weighted by Gasteiger charge is 2.26. The van der Waals surface area contributed by atoms with Crippen LogP contribution in [0.5, 0.6) is 0 Å². The number of nitrogens with zero attached hydrogens (tertiary/aromatic N) is 1. The molecule has 0 radical (unpaired) electrons. The summed E-state index contributed by atoms with van der Waals surface area (Å²) in [6.07, 6.45) is -4.35. The minimum atomic E-state index is -4.20. The van der Waals surface area contributed by atoms with E-state index in [1.54, 1.807) is 24.3 Å². The van der Waals surface area contributed by atoms with Gasteiger partial charge in [0, 0.05) is 37.3 Å². The van der Waals surface area contributed by atoms with Crippen LogP contribution in [0, 0.1) is 0 Å². The molecule has 0 heterocycles. The zero-order valence-corrected chi connectivity index (χ0v) is 14.0. The molecule has 134 valence electrons. The molecule has 0 bridgehead atoms. The maximum atomic E-state index is 12.1. The Morgan fingerprint density at radius 2 is 1.79 bits per heavy atom. The van der Waals surface area contributed by atoms with Crippen molar-refractivity contribution in [2.45, 2.75) is 25.4 Å². The Kier molecular flexibility index (Phi) is 8.39. The minimum Gasteiger partial charge on any atom is -0.356 e. The highest BCUT2D eigenvalue weighted by atomic mass is 35.5. The molecule has 3 N–H and O–H groups in total. The van der Waals surface area contributed by atoms with Crippen LogP contribution in [-0.4, -0.2) is 38.2 Å². The van der Waals surface area contributed by atoms with Crippen molar-refractivity contribution in [3.05, 3.63) is 29.3 Å². The summed E-state index contributed by atoms with van der Waals surface area (Å²) in [5, 5.41) is 8.73. The van der Waals surface area contributed by atoms with Gasteiger partial charge in [-0.15, -0.1) is 0 Å². The Hall–Kier alpha value is -1.96. The first-order valence-electron chi connectivity index (χ1n) is 7.37. The van der Waals surface area contributed by atoms with Gasteiger partial charge in [0.25, 0.3) is 0 Å². The third kappa shape index (κ3) is 9.24. The van der Waals surface area contributed by atoms with Crippen molar-refractivity contribution in [1.29, 1.82) is 0 Å². The minimum absolute atomic E-state index is 0.154. The summed E-state index contributed by atoms with van der Waals surface area (Å²) in [5.41, 5.74) is 0.655. The quantitative estimate of drug-likeness (QED) is 0.395. The molecular weight excluding hydrogens is 345 g/mol. The molecule has 0 aromatic heterocycles. The number of amides is 1. The van der Waals surface area contributed by atoms with Crippen molar-refractivity contribution in [2.75, 3.05) is 25.5 Å². The molecule has 0 atom stereocenters. The molecule has 0 aliphatic carbocycles. The smallest absolute Gasteiger partial charge is 0.356 e. The summed E-state index contributed by atoms with van der Waals surface area (Å²) in [5.74, 6) is 0.122. The van der Waals surface area contributed by atoms with Crippen molar-refractivity contribution in [3.63, 3.8) is 0 Å². The number of anilines is 1. The Morgan fingerprint density at radius 3 is 2.38 bits per heavy atom.